The van der Waals surface area contributed by atoms with Gasteiger partial charge in [-0.1, -0.05) is 24.2 Å². The van der Waals surface area contributed by atoms with Crippen molar-refractivity contribution in [2.24, 2.45) is 0 Å². The largest absolute Gasteiger partial charge is 0.573 e. The molecule has 4 rings (SSSR count). The van der Waals surface area contributed by atoms with E-state index in [0.29, 0.717) is 24.3 Å². The Morgan fingerprint density at radius 1 is 1.14 bits per heavy atom. The second-order valence-corrected chi connectivity index (χ2v) is 8.25. The summed E-state index contributed by atoms with van der Waals surface area (Å²) in [4.78, 5) is 19.7. The predicted octanol–water partition coefficient (Wildman–Crippen LogP) is 5.82. The summed E-state index contributed by atoms with van der Waals surface area (Å²) in [5.74, 6) is -0.982. The summed E-state index contributed by atoms with van der Waals surface area (Å²) in [5, 5.41) is 2.75. The number of rotatable bonds is 5. The minimum atomic E-state index is -5.19. The highest BCUT2D eigenvalue weighted by atomic mass is 19.4. The number of nitrogens with one attached hydrogen (secondary N) is 1. The smallest absolute Gasteiger partial charge is 0.406 e. The summed E-state index contributed by atoms with van der Waals surface area (Å²) in [5.41, 5.74) is 0.857. The zero-order valence-corrected chi connectivity index (χ0v) is 19.3. The lowest BCUT2D eigenvalue weighted by Gasteiger charge is -2.36. The SMILES string of the molecule is [2H]c1c([2H])c(-c2cccc(C(=O)Nc3ccc(N4C[C@@H](C)O[C@@H](C)C4)nc3)c2C)c([2H])c([2H])c1OC(F)(F)F. The van der Waals surface area contributed by atoms with Crippen molar-refractivity contribution in [2.45, 2.75) is 39.3 Å². The highest BCUT2D eigenvalue weighted by molar-refractivity contribution is 6.06. The molecule has 0 aliphatic carbocycles. The Balaban J connectivity index is 1.61. The Morgan fingerprint density at radius 2 is 1.83 bits per heavy atom. The molecule has 0 bridgehead atoms. The third-order valence-electron chi connectivity index (χ3n) is 5.42. The van der Waals surface area contributed by atoms with E-state index < -0.39 is 42.2 Å². The molecule has 3 aromatic rings. The number of hydrogen-bond donors (Lipinski definition) is 1. The van der Waals surface area contributed by atoms with Crippen molar-refractivity contribution in [3.63, 3.8) is 0 Å². The molecule has 1 saturated heterocycles. The van der Waals surface area contributed by atoms with Gasteiger partial charge in [-0.15, -0.1) is 13.2 Å². The number of carbonyl (C=O) groups is 1. The van der Waals surface area contributed by atoms with Gasteiger partial charge in [0.2, 0.25) is 0 Å². The van der Waals surface area contributed by atoms with Gasteiger partial charge in [0.1, 0.15) is 11.6 Å². The first-order chi connectivity index (χ1) is 18.3. The quantitative estimate of drug-likeness (QED) is 0.489. The van der Waals surface area contributed by atoms with Crippen molar-refractivity contribution in [1.29, 1.82) is 0 Å². The Labute approximate surface area is 207 Å². The summed E-state index contributed by atoms with van der Waals surface area (Å²) < 4.78 is 80.2. The number of hydrogen-bond acceptors (Lipinski definition) is 5. The molecule has 1 aromatic heterocycles. The van der Waals surface area contributed by atoms with Gasteiger partial charge >= 0.3 is 6.36 Å². The van der Waals surface area contributed by atoms with Crippen molar-refractivity contribution in [2.75, 3.05) is 23.3 Å². The minimum Gasteiger partial charge on any atom is -0.406 e. The highest BCUT2D eigenvalue weighted by Crippen LogP contribution is 2.30. The van der Waals surface area contributed by atoms with Gasteiger partial charge in [0.25, 0.3) is 5.91 Å². The van der Waals surface area contributed by atoms with Gasteiger partial charge in [0, 0.05) is 18.7 Å². The zero-order valence-electron chi connectivity index (χ0n) is 23.3. The third kappa shape index (κ3) is 6.10. The van der Waals surface area contributed by atoms with E-state index in [2.05, 4.69) is 19.9 Å². The number of nitrogens with zero attached hydrogens (tertiary/aromatic N) is 2. The molecule has 0 radical (unpaired) electrons. The van der Waals surface area contributed by atoms with Crippen LogP contribution in [0.4, 0.5) is 24.7 Å². The second kappa shape index (κ2) is 9.95. The number of anilines is 2. The standard InChI is InChI=1S/C26H26F3N3O3/c1-16-14-32(15-17(2)34-16)24-12-9-20(13-30-24)31-25(33)23-6-4-5-22(18(23)3)19-7-10-21(11-8-19)35-26(27,28)29/h4-13,16-17H,14-15H2,1-3H3,(H,31,33)/t16-,17+/i7D,8D,10D,11D. The molecule has 1 aliphatic heterocycles. The van der Waals surface area contributed by atoms with Crippen LogP contribution in [0.3, 0.4) is 0 Å². The molecular formula is C26H26F3N3O3. The van der Waals surface area contributed by atoms with Crippen LogP contribution in [0.1, 0.15) is 35.3 Å². The van der Waals surface area contributed by atoms with Crippen LogP contribution in [-0.4, -0.2) is 42.6 Å². The number of carbonyl (C=O) groups excluding carboxylic acids is 1. The van der Waals surface area contributed by atoms with Gasteiger partial charge in [-0.25, -0.2) is 4.98 Å². The van der Waals surface area contributed by atoms with Gasteiger partial charge in [-0.05, 0) is 67.7 Å². The van der Waals surface area contributed by atoms with Crippen molar-refractivity contribution in [3.8, 4) is 16.9 Å². The van der Waals surface area contributed by atoms with E-state index >= 15 is 0 Å². The van der Waals surface area contributed by atoms with Crippen LogP contribution < -0.4 is 15.0 Å². The normalized spacial score (nSPS) is 19.9. The van der Waals surface area contributed by atoms with E-state index in [4.69, 9.17) is 10.2 Å². The van der Waals surface area contributed by atoms with E-state index in [9.17, 15) is 18.0 Å². The lowest BCUT2D eigenvalue weighted by molar-refractivity contribution is -0.274. The maximum absolute atomic E-state index is 13.1. The average molecular weight is 490 g/mol. The highest BCUT2D eigenvalue weighted by Gasteiger charge is 2.31. The van der Waals surface area contributed by atoms with Crippen LogP contribution in [0.5, 0.6) is 5.75 Å². The first kappa shape index (κ1) is 19.7. The molecule has 2 aromatic carbocycles. The van der Waals surface area contributed by atoms with Gasteiger partial charge < -0.3 is 19.7 Å². The first-order valence-corrected chi connectivity index (χ1v) is 10.9. The fraction of sp³-hybridized carbons (Fsp3) is 0.308. The van der Waals surface area contributed by atoms with Crippen LogP contribution in [0.2, 0.25) is 0 Å². The summed E-state index contributed by atoms with van der Waals surface area (Å²) in [7, 11) is 0. The molecular weight excluding hydrogens is 459 g/mol. The number of halogens is 3. The molecule has 184 valence electrons. The van der Waals surface area contributed by atoms with Crippen LogP contribution in [0.25, 0.3) is 11.1 Å². The summed E-state index contributed by atoms with van der Waals surface area (Å²) >= 11 is 0. The van der Waals surface area contributed by atoms with Crippen molar-refractivity contribution < 1.29 is 32.9 Å². The molecule has 2 heterocycles. The van der Waals surface area contributed by atoms with Crippen LogP contribution in [0.15, 0.2) is 60.7 Å². The summed E-state index contributed by atoms with van der Waals surface area (Å²) in [6, 6.07) is 4.59. The molecule has 6 nitrogen and oxygen atoms in total. The number of ether oxygens (including phenoxy) is 2. The lowest BCUT2D eigenvalue weighted by Crippen LogP contribution is -2.45. The van der Waals surface area contributed by atoms with E-state index in [1.807, 2.05) is 13.8 Å². The van der Waals surface area contributed by atoms with Crippen LogP contribution in [0, 0.1) is 6.92 Å². The monoisotopic (exact) mass is 489 g/mol. The van der Waals surface area contributed by atoms with Crippen molar-refractivity contribution in [1.82, 2.24) is 4.98 Å². The number of alkyl halides is 3. The molecule has 35 heavy (non-hydrogen) atoms. The lowest BCUT2D eigenvalue weighted by atomic mass is 9.96. The summed E-state index contributed by atoms with van der Waals surface area (Å²) in [6.07, 6.45) is -3.54. The molecule has 1 amide bonds. The van der Waals surface area contributed by atoms with Gasteiger partial charge in [-0.2, -0.15) is 0 Å². The van der Waals surface area contributed by atoms with E-state index in [1.54, 1.807) is 19.1 Å². The number of benzene rings is 2. The fourth-order valence-electron chi connectivity index (χ4n) is 3.97. The Morgan fingerprint density at radius 3 is 2.43 bits per heavy atom. The average Bonchev–Trinajstić information content (AvgIpc) is 2.86. The summed E-state index contributed by atoms with van der Waals surface area (Å²) in [6.45, 7) is 6.91. The Hall–Kier alpha value is -3.59. The second-order valence-electron chi connectivity index (χ2n) is 8.25. The number of amides is 1. The Bertz CT molecular complexity index is 1360. The third-order valence-corrected chi connectivity index (χ3v) is 5.42. The zero-order chi connectivity index (χ0) is 28.6. The van der Waals surface area contributed by atoms with Crippen LogP contribution >= 0.6 is 0 Å². The first-order valence-electron chi connectivity index (χ1n) is 12.9. The molecule has 0 unspecified atom stereocenters. The molecule has 1 fully saturated rings. The van der Waals surface area contributed by atoms with Gasteiger partial charge in [-0.3, -0.25) is 4.79 Å². The molecule has 1 aliphatic rings. The van der Waals surface area contributed by atoms with Crippen LogP contribution in [-0.2, 0) is 4.74 Å². The molecule has 1 N–H and O–H groups in total. The molecule has 2 atom stereocenters. The number of pyridine rings is 1. The van der Waals surface area contributed by atoms with Crippen molar-refractivity contribution >= 4 is 17.4 Å². The van der Waals surface area contributed by atoms with Crippen molar-refractivity contribution in [3.05, 3.63) is 71.8 Å². The molecule has 0 spiro atoms. The maximum Gasteiger partial charge on any atom is 0.573 e. The number of aromatic nitrogens is 1. The van der Waals surface area contributed by atoms with Gasteiger partial charge in [0.05, 0.1) is 29.6 Å². The minimum absolute atomic E-state index is 0.0595. The fourth-order valence-corrected chi connectivity index (χ4v) is 3.97. The van der Waals surface area contributed by atoms with E-state index in [-0.39, 0.29) is 28.9 Å². The Kier molecular flexibility index (Phi) is 5.60. The maximum atomic E-state index is 13.1. The molecule has 0 saturated carbocycles. The predicted molar refractivity (Wildman–Crippen MR) is 128 cm³/mol. The topological polar surface area (TPSA) is 63.7 Å². The van der Waals surface area contributed by atoms with E-state index in [0.717, 1.165) is 5.82 Å². The number of morpholine rings is 1. The molecule has 9 heteroatoms. The van der Waals surface area contributed by atoms with E-state index in [1.165, 1.54) is 24.4 Å². The van der Waals surface area contributed by atoms with Gasteiger partial charge in [0.15, 0.2) is 0 Å².